The van der Waals surface area contributed by atoms with E-state index in [1.54, 1.807) is 0 Å². The van der Waals surface area contributed by atoms with Gasteiger partial charge in [0.15, 0.2) is 0 Å². The summed E-state index contributed by atoms with van der Waals surface area (Å²) in [7, 11) is 0. The van der Waals surface area contributed by atoms with Gasteiger partial charge in [-0.25, -0.2) is 0 Å². The fourth-order valence-electron chi connectivity index (χ4n) is 3.48. The Hall–Kier alpha value is -0.650. The third kappa shape index (κ3) is 5.93. The third-order valence-corrected chi connectivity index (χ3v) is 4.82. The molecule has 0 aromatic heterocycles. The molecule has 1 atom stereocenters. The number of nitrogens with one attached hydrogen (secondary N) is 1. The Morgan fingerprint density at radius 3 is 2.48 bits per heavy atom. The Morgan fingerprint density at radius 1 is 1.24 bits per heavy atom. The SMILES string of the molecule is CC(CN1CCOCC1)NC(=O)CC1CCC(CN)CC1. The van der Waals surface area contributed by atoms with Crippen LogP contribution in [0.1, 0.15) is 39.0 Å². The van der Waals surface area contributed by atoms with Gasteiger partial charge in [0, 0.05) is 32.1 Å². The zero-order valence-electron chi connectivity index (χ0n) is 13.4. The van der Waals surface area contributed by atoms with Crippen LogP contribution in [-0.2, 0) is 9.53 Å². The number of hydrogen-bond acceptors (Lipinski definition) is 4. The maximum atomic E-state index is 12.1. The summed E-state index contributed by atoms with van der Waals surface area (Å²) in [6.45, 7) is 7.39. The number of rotatable bonds is 6. The summed E-state index contributed by atoms with van der Waals surface area (Å²) in [5.41, 5.74) is 5.71. The lowest BCUT2D eigenvalue weighted by molar-refractivity contribution is -0.123. The van der Waals surface area contributed by atoms with E-state index < -0.39 is 0 Å². The predicted molar refractivity (Wildman–Crippen MR) is 84.0 cm³/mol. The van der Waals surface area contributed by atoms with E-state index in [1.165, 1.54) is 12.8 Å². The molecule has 1 unspecified atom stereocenters. The average molecular weight is 297 g/mol. The van der Waals surface area contributed by atoms with Crippen LogP contribution in [0.4, 0.5) is 0 Å². The van der Waals surface area contributed by atoms with Crippen molar-refractivity contribution in [1.29, 1.82) is 0 Å². The first-order chi connectivity index (χ1) is 10.2. The monoisotopic (exact) mass is 297 g/mol. The van der Waals surface area contributed by atoms with Crippen LogP contribution in [0.3, 0.4) is 0 Å². The number of morpholine rings is 1. The van der Waals surface area contributed by atoms with Gasteiger partial charge in [-0.15, -0.1) is 0 Å². The van der Waals surface area contributed by atoms with E-state index in [0.29, 0.717) is 18.3 Å². The number of carbonyl (C=O) groups is 1. The highest BCUT2D eigenvalue weighted by atomic mass is 16.5. The molecule has 5 nitrogen and oxygen atoms in total. The van der Waals surface area contributed by atoms with Crippen LogP contribution in [0.5, 0.6) is 0 Å². The Bertz CT molecular complexity index is 311. The molecule has 1 saturated heterocycles. The van der Waals surface area contributed by atoms with E-state index in [1.807, 2.05) is 0 Å². The topological polar surface area (TPSA) is 67.6 Å². The van der Waals surface area contributed by atoms with Gasteiger partial charge >= 0.3 is 0 Å². The van der Waals surface area contributed by atoms with Crippen molar-refractivity contribution >= 4 is 5.91 Å². The van der Waals surface area contributed by atoms with Gasteiger partial charge in [-0.1, -0.05) is 0 Å². The first kappa shape index (κ1) is 16.7. The molecule has 0 radical (unpaired) electrons. The van der Waals surface area contributed by atoms with Gasteiger partial charge in [0.1, 0.15) is 0 Å². The number of nitrogens with two attached hydrogens (primary N) is 1. The molecular formula is C16H31N3O2. The van der Waals surface area contributed by atoms with E-state index in [0.717, 1.165) is 52.2 Å². The molecule has 1 saturated carbocycles. The lowest BCUT2D eigenvalue weighted by atomic mass is 9.80. The Balaban J connectivity index is 1.62. The van der Waals surface area contributed by atoms with Gasteiger partial charge in [-0.05, 0) is 51.0 Å². The largest absolute Gasteiger partial charge is 0.379 e. The van der Waals surface area contributed by atoms with Crippen molar-refractivity contribution in [2.75, 3.05) is 39.4 Å². The van der Waals surface area contributed by atoms with Crippen LogP contribution in [0, 0.1) is 11.8 Å². The first-order valence-corrected chi connectivity index (χ1v) is 8.47. The van der Waals surface area contributed by atoms with Gasteiger partial charge in [0.2, 0.25) is 5.91 Å². The highest BCUT2D eigenvalue weighted by molar-refractivity contribution is 5.76. The molecule has 21 heavy (non-hydrogen) atoms. The second-order valence-corrected chi connectivity index (χ2v) is 6.71. The van der Waals surface area contributed by atoms with Crippen LogP contribution in [0.15, 0.2) is 0 Å². The molecule has 1 aliphatic heterocycles. The van der Waals surface area contributed by atoms with Crippen molar-refractivity contribution in [2.24, 2.45) is 17.6 Å². The second kappa shape index (κ2) is 8.71. The van der Waals surface area contributed by atoms with Crippen LogP contribution >= 0.6 is 0 Å². The summed E-state index contributed by atoms with van der Waals surface area (Å²) in [5.74, 6) is 1.46. The van der Waals surface area contributed by atoms with E-state index in [2.05, 4.69) is 17.1 Å². The molecule has 122 valence electrons. The quantitative estimate of drug-likeness (QED) is 0.767. The highest BCUT2D eigenvalue weighted by Gasteiger charge is 2.23. The van der Waals surface area contributed by atoms with Crippen LogP contribution in [0.2, 0.25) is 0 Å². The summed E-state index contributed by atoms with van der Waals surface area (Å²) < 4.78 is 5.34. The molecule has 2 rings (SSSR count). The smallest absolute Gasteiger partial charge is 0.220 e. The third-order valence-electron chi connectivity index (χ3n) is 4.82. The molecular weight excluding hydrogens is 266 g/mol. The van der Waals surface area contributed by atoms with Gasteiger partial charge in [0.25, 0.3) is 0 Å². The lowest BCUT2D eigenvalue weighted by Gasteiger charge is -2.30. The van der Waals surface area contributed by atoms with Crippen molar-refractivity contribution in [1.82, 2.24) is 10.2 Å². The summed E-state index contributed by atoms with van der Waals surface area (Å²) in [6, 6.07) is 0.219. The zero-order valence-corrected chi connectivity index (χ0v) is 13.4. The summed E-state index contributed by atoms with van der Waals surface area (Å²) in [6.07, 6.45) is 5.39. The van der Waals surface area contributed by atoms with Gasteiger partial charge < -0.3 is 15.8 Å². The summed E-state index contributed by atoms with van der Waals surface area (Å²) in [5, 5.41) is 3.15. The van der Waals surface area contributed by atoms with E-state index >= 15 is 0 Å². The van der Waals surface area contributed by atoms with Gasteiger partial charge in [-0.2, -0.15) is 0 Å². The minimum absolute atomic E-state index is 0.215. The molecule has 2 aliphatic rings. The van der Waals surface area contributed by atoms with Crippen molar-refractivity contribution in [3.63, 3.8) is 0 Å². The molecule has 5 heteroatoms. The van der Waals surface area contributed by atoms with Gasteiger partial charge in [0.05, 0.1) is 13.2 Å². The molecule has 2 fully saturated rings. The van der Waals surface area contributed by atoms with E-state index in [-0.39, 0.29) is 11.9 Å². The van der Waals surface area contributed by atoms with Crippen molar-refractivity contribution in [3.8, 4) is 0 Å². The molecule has 0 aromatic carbocycles. The lowest BCUT2D eigenvalue weighted by Crippen LogP contribution is -2.46. The second-order valence-electron chi connectivity index (χ2n) is 6.71. The zero-order chi connectivity index (χ0) is 15.1. The predicted octanol–water partition coefficient (Wildman–Crippen LogP) is 0.979. The number of amides is 1. The maximum absolute atomic E-state index is 12.1. The summed E-state index contributed by atoms with van der Waals surface area (Å²) >= 11 is 0. The fraction of sp³-hybridized carbons (Fsp3) is 0.938. The number of nitrogens with zero attached hydrogens (tertiary/aromatic N) is 1. The minimum Gasteiger partial charge on any atom is -0.379 e. The Labute approximate surface area is 128 Å². The van der Waals surface area contributed by atoms with E-state index in [4.69, 9.17) is 10.5 Å². The molecule has 0 aromatic rings. The molecule has 1 aliphatic carbocycles. The normalized spacial score (nSPS) is 29.0. The number of ether oxygens (including phenoxy) is 1. The van der Waals surface area contributed by atoms with Crippen LogP contribution in [0.25, 0.3) is 0 Å². The molecule has 1 amide bonds. The molecule has 0 bridgehead atoms. The van der Waals surface area contributed by atoms with Crippen molar-refractivity contribution in [2.45, 2.75) is 45.1 Å². The molecule has 0 spiro atoms. The maximum Gasteiger partial charge on any atom is 0.220 e. The minimum atomic E-state index is 0.215. The standard InChI is InChI=1S/C16H31N3O2/c1-13(12-19-6-8-21-9-7-19)18-16(20)10-14-2-4-15(11-17)5-3-14/h13-15H,2-12,17H2,1H3,(H,18,20). The highest BCUT2D eigenvalue weighted by Crippen LogP contribution is 2.30. The number of hydrogen-bond donors (Lipinski definition) is 2. The van der Waals surface area contributed by atoms with Gasteiger partial charge in [-0.3, -0.25) is 9.69 Å². The summed E-state index contributed by atoms with van der Waals surface area (Å²) in [4.78, 5) is 14.5. The molecule has 1 heterocycles. The first-order valence-electron chi connectivity index (χ1n) is 8.47. The molecule has 3 N–H and O–H groups in total. The average Bonchev–Trinajstić information content (AvgIpc) is 2.48. The Morgan fingerprint density at radius 2 is 1.86 bits per heavy atom. The van der Waals surface area contributed by atoms with Crippen LogP contribution in [-0.4, -0.2) is 56.2 Å². The van der Waals surface area contributed by atoms with Crippen molar-refractivity contribution in [3.05, 3.63) is 0 Å². The van der Waals surface area contributed by atoms with Crippen molar-refractivity contribution < 1.29 is 9.53 Å². The number of carbonyl (C=O) groups excluding carboxylic acids is 1. The fourth-order valence-corrected chi connectivity index (χ4v) is 3.48. The van der Waals surface area contributed by atoms with Crippen LogP contribution < -0.4 is 11.1 Å². The Kier molecular flexibility index (Phi) is 6.93. The van der Waals surface area contributed by atoms with E-state index in [9.17, 15) is 4.79 Å².